The van der Waals surface area contributed by atoms with Crippen LogP contribution < -0.4 is 9.47 Å². The molecule has 0 spiro atoms. The second-order valence-electron chi connectivity index (χ2n) is 16.0. The maximum Gasteiger partial charge on any atom is 0.127 e. The van der Waals surface area contributed by atoms with Gasteiger partial charge in [0.15, 0.2) is 0 Å². The quantitative estimate of drug-likeness (QED) is 0.0553. The number of pyridine rings is 2. The Morgan fingerprint density at radius 3 is 0.911 bits per heavy atom. The number of nitrogens with zero attached hydrogens (tertiary/aromatic N) is 2. The van der Waals surface area contributed by atoms with E-state index in [-0.39, 0.29) is 0 Å². The van der Waals surface area contributed by atoms with Gasteiger partial charge in [-0.25, -0.2) is 0 Å². The Bertz CT molecular complexity index is 1280. The molecule has 0 N–H and O–H groups in total. The third-order valence-corrected chi connectivity index (χ3v) is 11.0. The number of aromatic nitrogens is 2. The van der Waals surface area contributed by atoms with Gasteiger partial charge in [-0.2, -0.15) is 0 Å². The van der Waals surface area contributed by atoms with Gasteiger partial charge in [-0.05, 0) is 60.4 Å². The molecule has 4 nitrogen and oxygen atoms in total. The van der Waals surface area contributed by atoms with Crippen molar-refractivity contribution in [1.82, 2.24) is 9.97 Å². The second-order valence-corrected chi connectivity index (χ2v) is 16.0. The Labute approximate surface area is 344 Å². The summed E-state index contributed by atoms with van der Waals surface area (Å²) < 4.78 is 13.1. The van der Waals surface area contributed by atoms with Crippen LogP contribution in [0.3, 0.4) is 0 Å². The van der Waals surface area contributed by atoms with E-state index in [9.17, 15) is 0 Å². The van der Waals surface area contributed by atoms with Crippen LogP contribution in [0.4, 0.5) is 0 Å². The first kappa shape index (κ1) is 47.0. The van der Waals surface area contributed by atoms with E-state index >= 15 is 0 Å². The summed E-state index contributed by atoms with van der Waals surface area (Å²) in [6, 6.07) is 12.5. The summed E-state index contributed by atoms with van der Waals surface area (Å²) in [7, 11) is 0. The van der Waals surface area contributed by atoms with E-state index in [1.807, 2.05) is 49.1 Å². The van der Waals surface area contributed by atoms with Crippen molar-refractivity contribution in [2.45, 2.75) is 194 Å². The van der Waals surface area contributed by atoms with Gasteiger partial charge in [0.05, 0.1) is 13.2 Å². The third-order valence-electron chi connectivity index (χ3n) is 11.0. The van der Waals surface area contributed by atoms with Crippen LogP contribution in [0.2, 0.25) is 0 Å². The molecule has 0 saturated heterocycles. The maximum absolute atomic E-state index is 6.55. The molecule has 0 saturated carbocycles. The van der Waals surface area contributed by atoms with Crippen molar-refractivity contribution in [3.8, 4) is 11.5 Å². The summed E-state index contributed by atoms with van der Waals surface area (Å²) >= 11 is 0. The topological polar surface area (TPSA) is 44.2 Å². The van der Waals surface area contributed by atoms with Gasteiger partial charge < -0.3 is 9.47 Å². The first-order valence-electron chi connectivity index (χ1n) is 23.4. The molecule has 1 aromatic carbocycles. The third kappa shape index (κ3) is 23.6. The largest absolute Gasteiger partial charge is 0.493 e. The lowest BCUT2D eigenvalue weighted by molar-refractivity contribution is 0.295. The highest BCUT2D eigenvalue weighted by Gasteiger charge is 2.11. The minimum absolute atomic E-state index is 0.723. The van der Waals surface area contributed by atoms with Crippen LogP contribution in [0, 0.1) is 0 Å². The van der Waals surface area contributed by atoms with Crippen LogP contribution in [0.15, 0.2) is 61.2 Å². The smallest absolute Gasteiger partial charge is 0.127 e. The van der Waals surface area contributed by atoms with Gasteiger partial charge in [0, 0.05) is 35.9 Å². The lowest BCUT2D eigenvalue weighted by atomic mass is 10.0. The fourth-order valence-electron chi connectivity index (χ4n) is 7.38. The van der Waals surface area contributed by atoms with E-state index in [0.717, 1.165) is 59.8 Å². The molecular weight excluding hydrogens is 685 g/mol. The van der Waals surface area contributed by atoms with Crippen LogP contribution in [-0.2, 0) is 0 Å². The first-order valence-corrected chi connectivity index (χ1v) is 23.4. The number of hydrogen-bond acceptors (Lipinski definition) is 4. The SMILES string of the molecule is CCCCCCCCCCCCCCCCOc1cc(/C=C/c2ccncc2)c(OCCCCCCCCCCCCCCCC)cc1/C=C/c1ccncc1. The molecule has 0 aliphatic carbocycles. The molecule has 2 aromatic heterocycles. The zero-order valence-electron chi connectivity index (χ0n) is 36.0. The van der Waals surface area contributed by atoms with Gasteiger partial charge in [-0.15, -0.1) is 0 Å². The molecule has 310 valence electrons. The lowest BCUT2D eigenvalue weighted by Gasteiger charge is -2.15. The van der Waals surface area contributed by atoms with Gasteiger partial charge in [-0.1, -0.05) is 205 Å². The number of rotatable bonds is 36. The molecule has 0 atom stereocenters. The standard InChI is InChI=1S/C52H80N2O2/c1-3-5-7-9-11-13-15-17-19-21-23-25-27-29-43-55-51-45-50(34-32-48-37-41-54-42-38-48)52(46-49(51)33-31-47-35-39-53-40-36-47)56-44-30-28-26-24-22-20-18-16-14-12-10-8-6-4-2/h31-42,45-46H,3-30,43-44H2,1-2H3/b33-31+,34-32+. The summed E-state index contributed by atoms with van der Waals surface area (Å²) in [5, 5.41) is 0. The zero-order chi connectivity index (χ0) is 39.4. The van der Waals surface area contributed by atoms with Crippen molar-refractivity contribution in [3.63, 3.8) is 0 Å². The minimum atomic E-state index is 0.723. The van der Waals surface area contributed by atoms with Gasteiger partial charge in [-0.3, -0.25) is 9.97 Å². The molecule has 0 bridgehead atoms. The highest BCUT2D eigenvalue weighted by atomic mass is 16.5. The second kappa shape index (κ2) is 33.7. The Morgan fingerprint density at radius 1 is 0.357 bits per heavy atom. The highest BCUT2D eigenvalue weighted by molar-refractivity contribution is 5.78. The minimum Gasteiger partial charge on any atom is -0.493 e. The normalized spacial score (nSPS) is 11.6. The average molecular weight is 765 g/mol. The summed E-state index contributed by atoms with van der Waals surface area (Å²) in [6.45, 7) is 6.04. The Hall–Kier alpha value is -3.40. The van der Waals surface area contributed by atoms with E-state index < -0.39 is 0 Å². The van der Waals surface area contributed by atoms with Gasteiger partial charge in [0.25, 0.3) is 0 Å². The van der Waals surface area contributed by atoms with Crippen molar-refractivity contribution < 1.29 is 9.47 Å². The lowest BCUT2D eigenvalue weighted by Crippen LogP contribution is -2.03. The molecule has 4 heteroatoms. The van der Waals surface area contributed by atoms with Crippen molar-refractivity contribution in [3.05, 3.63) is 83.4 Å². The number of ether oxygens (including phenoxy) is 2. The molecule has 0 amide bonds. The van der Waals surface area contributed by atoms with E-state index in [1.165, 1.54) is 167 Å². The Morgan fingerprint density at radius 2 is 0.625 bits per heavy atom. The molecule has 0 radical (unpaired) electrons. The van der Waals surface area contributed by atoms with Crippen molar-refractivity contribution in [2.75, 3.05) is 13.2 Å². The molecule has 2 heterocycles. The van der Waals surface area contributed by atoms with Crippen molar-refractivity contribution in [1.29, 1.82) is 0 Å². The van der Waals surface area contributed by atoms with Crippen LogP contribution in [0.25, 0.3) is 24.3 Å². The summed E-state index contributed by atoms with van der Waals surface area (Å²) in [5.41, 5.74) is 4.32. The molecule has 0 aliphatic rings. The van der Waals surface area contributed by atoms with Gasteiger partial charge in [0.2, 0.25) is 0 Å². The number of unbranched alkanes of at least 4 members (excludes halogenated alkanes) is 26. The fourth-order valence-corrected chi connectivity index (χ4v) is 7.38. The number of hydrogen-bond donors (Lipinski definition) is 0. The van der Waals surface area contributed by atoms with Crippen LogP contribution >= 0.6 is 0 Å². The Balaban J connectivity index is 1.49. The first-order chi connectivity index (χ1) is 27.8. The molecular formula is C52H80N2O2. The van der Waals surface area contributed by atoms with Crippen LogP contribution in [0.1, 0.15) is 216 Å². The summed E-state index contributed by atoms with van der Waals surface area (Å²) in [4.78, 5) is 8.39. The van der Waals surface area contributed by atoms with E-state index in [1.54, 1.807) is 0 Å². The van der Waals surface area contributed by atoms with E-state index in [4.69, 9.17) is 9.47 Å². The fraction of sp³-hybridized carbons (Fsp3) is 0.615. The molecule has 3 aromatic rings. The van der Waals surface area contributed by atoms with E-state index in [2.05, 4.69) is 60.3 Å². The van der Waals surface area contributed by atoms with Crippen LogP contribution in [0.5, 0.6) is 11.5 Å². The predicted molar refractivity (Wildman–Crippen MR) is 244 cm³/mol. The van der Waals surface area contributed by atoms with Crippen molar-refractivity contribution >= 4 is 24.3 Å². The molecule has 0 aliphatic heterocycles. The van der Waals surface area contributed by atoms with Gasteiger partial charge in [0.1, 0.15) is 11.5 Å². The molecule has 0 unspecified atom stereocenters. The Kier molecular flexibility index (Phi) is 28.3. The van der Waals surface area contributed by atoms with Crippen LogP contribution in [-0.4, -0.2) is 23.2 Å². The van der Waals surface area contributed by atoms with E-state index in [0.29, 0.717) is 0 Å². The average Bonchev–Trinajstić information content (AvgIpc) is 3.23. The summed E-state index contributed by atoms with van der Waals surface area (Å²) in [5.74, 6) is 1.81. The predicted octanol–water partition coefficient (Wildman–Crippen LogP) is 16.5. The monoisotopic (exact) mass is 765 g/mol. The van der Waals surface area contributed by atoms with Crippen molar-refractivity contribution in [2.24, 2.45) is 0 Å². The molecule has 3 rings (SSSR count). The van der Waals surface area contributed by atoms with Gasteiger partial charge >= 0.3 is 0 Å². The zero-order valence-corrected chi connectivity index (χ0v) is 36.0. The number of benzene rings is 1. The molecule has 56 heavy (non-hydrogen) atoms. The maximum atomic E-state index is 6.55. The molecule has 0 fully saturated rings. The highest BCUT2D eigenvalue weighted by Crippen LogP contribution is 2.33. The summed E-state index contributed by atoms with van der Waals surface area (Å²) in [6.07, 6.45) is 53.9.